The molecule has 0 bridgehead atoms. The predicted octanol–water partition coefficient (Wildman–Crippen LogP) is 0.537. The highest BCUT2D eigenvalue weighted by Gasteiger charge is 2.17. The highest BCUT2D eigenvalue weighted by atomic mass is 16.5. The van der Waals surface area contributed by atoms with Crippen molar-refractivity contribution in [1.82, 2.24) is 15.0 Å². The lowest BCUT2D eigenvalue weighted by molar-refractivity contribution is 0.121. The Morgan fingerprint density at radius 1 is 1.22 bits per heavy atom. The first-order valence-corrected chi connectivity index (χ1v) is 6.12. The van der Waals surface area contributed by atoms with E-state index in [-0.39, 0.29) is 6.10 Å². The summed E-state index contributed by atoms with van der Waals surface area (Å²) in [5.41, 5.74) is 0. The predicted molar refractivity (Wildman–Crippen MR) is 68.2 cm³/mol. The quantitative estimate of drug-likeness (QED) is 0.839. The maximum absolute atomic E-state index is 5.53. The van der Waals surface area contributed by atoms with Crippen molar-refractivity contribution in [3.63, 3.8) is 0 Å². The van der Waals surface area contributed by atoms with E-state index in [2.05, 4.69) is 25.2 Å². The average molecular weight is 253 g/mol. The second-order valence-corrected chi connectivity index (χ2v) is 4.26. The van der Waals surface area contributed by atoms with Crippen molar-refractivity contribution < 1.29 is 9.47 Å². The number of rotatable bonds is 4. The van der Waals surface area contributed by atoms with Gasteiger partial charge in [0, 0.05) is 20.1 Å². The van der Waals surface area contributed by atoms with Crippen molar-refractivity contribution in [1.29, 1.82) is 0 Å². The van der Waals surface area contributed by atoms with Crippen molar-refractivity contribution in [3.05, 3.63) is 0 Å². The fourth-order valence-electron chi connectivity index (χ4n) is 1.63. The van der Waals surface area contributed by atoms with Crippen LogP contribution in [-0.2, 0) is 4.74 Å². The minimum absolute atomic E-state index is 0.0367. The molecule has 1 aliphatic heterocycles. The fraction of sp³-hybridized carbons (Fsp3) is 0.727. The third-order valence-electron chi connectivity index (χ3n) is 2.46. The number of hydrogen-bond donors (Lipinski definition) is 1. The Morgan fingerprint density at radius 3 is 2.56 bits per heavy atom. The average Bonchev–Trinajstić information content (AvgIpc) is 2.38. The van der Waals surface area contributed by atoms with Crippen molar-refractivity contribution in [2.75, 3.05) is 43.6 Å². The largest absolute Gasteiger partial charge is 0.461 e. The summed E-state index contributed by atoms with van der Waals surface area (Å²) in [5, 5.41) is 2.92. The molecule has 7 nitrogen and oxygen atoms in total. The van der Waals surface area contributed by atoms with Crippen molar-refractivity contribution in [3.8, 4) is 6.01 Å². The molecule has 1 aliphatic rings. The Bertz CT molecular complexity index is 393. The third-order valence-corrected chi connectivity index (χ3v) is 2.46. The molecule has 1 N–H and O–H groups in total. The van der Waals surface area contributed by atoms with E-state index in [9.17, 15) is 0 Å². The number of hydrogen-bond acceptors (Lipinski definition) is 7. The van der Waals surface area contributed by atoms with E-state index in [0.29, 0.717) is 31.1 Å². The normalized spacial score (nSPS) is 15.9. The molecule has 0 spiro atoms. The maximum atomic E-state index is 5.53. The van der Waals surface area contributed by atoms with Gasteiger partial charge in [-0.2, -0.15) is 15.0 Å². The summed E-state index contributed by atoms with van der Waals surface area (Å²) in [6.07, 6.45) is 0.0367. The first kappa shape index (κ1) is 12.8. The lowest BCUT2D eigenvalue weighted by atomic mass is 10.4. The first-order valence-electron chi connectivity index (χ1n) is 6.12. The first-order chi connectivity index (χ1) is 8.69. The zero-order chi connectivity index (χ0) is 13.0. The number of anilines is 2. The highest BCUT2D eigenvalue weighted by molar-refractivity contribution is 5.38. The van der Waals surface area contributed by atoms with Crippen molar-refractivity contribution >= 4 is 11.9 Å². The molecule has 0 saturated carbocycles. The van der Waals surface area contributed by atoms with E-state index in [4.69, 9.17) is 9.47 Å². The van der Waals surface area contributed by atoms with Crippen LogP contribution in [0.15, 0.2) is 0 Å². The minimum atomic E-state index is 0.0367. The van der Waals surface area contributed by atoms with Gasteiger partial charge in [-0.3, -0.25) is 0 Å². The molecule has 0 unspecified atom stereocenters. The Kier molecular flexibility index (Phi) is 4.14. The van der Waals surface area contributed by atoms with Gasteiger partial charge in [0.25, 0.3) is 0 Å². The molecule has 0 atom stereocenters. The van der Waals surface area contributed by atoms with Crippen molar-refractivity contribution in [2.24, 2.45) is 0 Å². The van der Waals surface area contributed by atoms with Crippen LogP contribution in [0, 0.1) is 0 Å². The standard InChI is InChI=1S/C11H19N5O2/c1-8(2)18-11-14-9(12-3)13-10(15-11)16-4-6-17-7-5-16/h8H,4-7H2,1-3H3,(H,12,13,14,15). The molecule has 7 heteroatoms. The summed E-state index contributed by atoms with van der Waals surface area (Å²) in [4.78, 5) is 14.9. The molecule has 0 aromatic carbocycles. The van der Waals surface area contributed by atoms with Crippen LogP contribution in [0.5, 0.6) is 6.01 Å². The summed E-state index contributed by atoms with van der Waals surface area (Å²) in [6.45, 7) is 6.85. The molecule has 1 saturated heterocycles. The Morgan fingerprint density at radius 2 is 1.94 bits per heavy atom. The van der Waals surface area contributed by atoms with Crippen LogP contribution in [0.3, 0.4) is 0 Å². The second-order valence-electron chi connectivity index (χ2n) is 4.26. The van der Waals surface area contributed by atoms with Gasteiger partial charge in [-0.05, 0) is 13.8 Å². The topological polar surface area (TPSA) is 72.4 Å². The molecule has 1 aromatic heterocycles. The van der Waals surface area contributed by atoms with Crippen LogP contribution in [-0.4, -0.2) is 54.4 Å². The molecular formula is C11H19N5O2. The van der Waals surface area contributed by atoms with E-state index in [0.717, 1.165) is 13.1 Å². The molecule has 100 valence electrons. The molecule has 0 radical (unpaired) electrons. The molecule has 18 heavy (non-hydrogen) atoms. The smallest absolute Gasteiger partial charge is 0.323 e. The second kappa shape index (κ2) is 5.81. The summed E-state index contributed by atoms with van der Waals surface area (Å²) in [5.74, 6) is 1.15. The number of aromatic nitrogens is 3. The van der Waals surface area contributed by atoms with Crippen LogP contribution in [0.4, 0.5) is 11.9 Å². The molecule has 1 aromatic rings. The van der Waals surface area contributed by atoms with Crippen LogP contribution < -0.4 is 15.0 Å². The summed E-state index contributed by atoms with van der Waals surface area (Å²) in [6, 6.07) is 0.353. The van der Waals surface area contributed by atoms with Gasteiger partial charge in [-0.15, -0.1) is 0 Å². The zero-order valence-electron chi connectivity index (χ0n) is 11.0. The van der Waals surface area contributed by atoms with Crippen LogP contribution in [0.25, 0.3) is 0 Å². The van der Waals surface area contributed by atoms with Gasteiger partial charge in [0.1, 0.15) is 0 Å². The van der Waals surface area contributed by atoms with Crippen LogP contribution in [0.1, 0.15) is 13.8 Å². The van der Waals surface area contributed by atoms with E-state index >= 15 is 0 Å². The van der Waals surface area contributed by atoms with Gasteiger partial charge in [0.15, 0.2) is 0 Å². The van der Waals surface area contributed by atoms with Crippen LogP contribution >= 0.6 is 0 Å². The molecular weight excluding hydrogens is 234 g/mol. The number of nitrogens with one attached hydrogen (secondary N) is 1. The zero-order valence-corrected chi connectivity index (χ0v) is 11.0. The van der Waals surface area contributed by atoms with Gasteiger partial charge >= 0.3 is 6.01 Å². The Balaban J connectivity index is 2.22. The van der Waals surface area contributed by atoms with E-state index in [1.165, 1.54) is 0 Å². The number of nitrogens with zero attached hydrogens (tertiary/aromatic N) is 4. The highest BCUT2D eigenvalue weighted by Crippen LogP contribution is 2.16. The summed E-state index contributed by atoms with van der Waals surface area (Å²) >= 11 is 0. The Labute approximate surface area is 107 Å². The fourth-order valence-corrected chi connectivity index (χ4v) is 1.63. The lowest BCUT2D eigenvalue weighted by Crippen LogP contribution is -2.37. The maximum Gasteiger partial charge on any atom is 0.323 e. The van der Waals surface area contributed by atoms with E-state index < -0.39 is 0 Å². The molecule has 2 heterocycles. The lowest BCUT2D eigenvalue weighted by Gasteiger charge is -2.27. The van der Waals surface area contributed by atoms with Gasteiger partial charge in [0.05, 0.1) is 19.3 Å². The van der Waals surface area contributed by atoms with Gasteiger partial charge in [-0.1, -0.05) is 0 Å². The van der Waals surface area contributed by atoms with E-state index in [1.54, 1.807) is 7.05 Å². The molecule has 0 aliphatic carbocycles. The molecule has 1 fully saturated rings. The Hall–Kier alpha value is -1.63. The monoisotopic (exact) mass is 253 g/mol. The number of ether oxygens (including phenoxy) is 2. The van der Waals surface area contributed by atoms with Crippen LogP contribution in [0.2, 0.25) is 0 Å². The third kappa shape index (κ3) is 3.19. The van der Waals surface area contributed by atoms with Crippen molar-refractivity contribution in [2.45, 2.75) is 20.0 Å². The minimum Gasteiger partial charge on any atom is -0.461 e. The SMILES string of the molecule is CNc1nc(OC(C)C)nc(N2CCOCC2)n1. The number of morpholine rings is 1. The van der Waals surface area contributed by atoms with Gasteiger partial charge in [-0.25, -0.2) is 0 Å². The van der Waals surface area contributed by atoms with Gasteiger partial charge in [0.2, 0.25) is 11.9 Å². The molecule has 2 rings (SSSR count). The van der Waals surface area contributed by atoms with Gasteiger partial charge < -0.3 is 19.7 Å². The molecule has 0 amide bonds. The summed E-state index contributed by atoms with van der Waals surface area (Å²) < 4.78 is 10.8. The summed E-state index contributed by atoms with van der Waals surface area (Å²) in [7, 11) is 1.78. The van der Waals surface area contributed by atoms with E-state index in [1.807, 2.05) is 13.8 Å².